The Labute approximate surface area is 147 Å². The third-order valence-corrected chi connectivity index (χ3v) is 5.76. The second-order valence-corrected chi connectivity index (χ2v) is 8.21. The van der Waals surface area contributed by atoms with Gasteiger partial charge in [0, 0.05) is 31.4 Å². The molecule has 0 aliphatic rings. The Hall–Kier alpha value is -1.38. The number of hydrogen-bond acceptors (Lipinski definition) is 5. The molecule has 2 heterocycles. The zero-order chi connectivity index (χ0) is 18.1. The Morgan fingerprint density at radius 2 is 2.00 bits per heavy atom. The van der Waals surface area contributed by atoms with Gasteiger partial charge in [-0.3, -0.25) is 4.57 Å². The van der Waals surface area contributed by atoms with E-state index in [0.29, 0.717) is 22.2 Å². The van der Waals surface area contributed by atoms with E-state index < -0.39 is 10.0 Å². The summed E-state index contributed by atoms with van der Waals surface area (Å²) in [6, 6.07) is 0.615. The van der Waals surface area contributed by atoms with Crippen LogP contribution in [0.3, 0.4) is 0 Å². The normalized spacial score (nSPS) is 12.5. The molecule has 7 nitrogen and oxygen atoms in total. The van der Waals surface area contributed by atoms with Crippen LogP contribution in [0.5, 0.6) is 6.01 Å². The molecule has 0 N–H and O–H groups in total. The van der Waals surface area contributed by atoms with Crippen LogP contribution in [0.1, 0.15) is 38.3 Å². The van der Waals surface area contributed by atoms with Crippen LogP contribution in [0.25, 0.3) is 11.2 Å². The fourth-order valence-electron chi connectivity index (χ4n) is 2.71. The number of fused-ring (bicyclic) bond motifs is 1. The van der Waals surface area contributed by atoms with E-state index in [0.717, 1.165) is 24.6 Å². The van der Waals surface area contributed by atoms with Gasteiger partial charge < -0.3 is 4.74 Å². The van der Waals surface area contributed by atoms with Crippen LogP contribution in [0.15, 0.2) is 6.20 Å². The van der Waals surface area contributed by atoms with Crippen molar-refractivity contribution in [1.82, 2.24) is 18.8 Å². The third-order valence-electron chi connectivity index (χ3n) is 4.17. The lowest BCUT2D eigenvalue weighted by molar-refractivity contribution is 0.332. The van der Waals surface area contributed by atoms with Gasteiger partial charge in [-0.05, 0) is 12.8 Å². The maximum Gasteiger partial charge on any atom is 0.298 e. The maximum absolute atomic E-state index is 11.8. The van der Waals surface area contributed by atoms with Gasteiger partial charge >= 0.3 is 0 Å². The largest absolute Gasteiger partial charge is 0.468 e. The minimum absolute atomic E-state index is 0.145. The molecule has 24 heavy (non-hydrogen) atoms. The summed E-state index contributed by atoms with van der Waals surface area (Å²) in [5.41, 5.74) is 1.90. The van der Waals surface area contributed by atoms with Crippen molar-refractivity contribution in [2.45, 2.75) is 39.3 Å². The van der Waals surface area contributed by atoms with Crippen LogP contribution < -0.4 is 4.74 Å². The van der Waals surface area contributed by atoms with Crippen molar-refractivity contribution in [3.8, 4) is 6.01 Å². The van der Waals surface area contributed by atoms with E-state index in [9.17, 15) is 8.42 Å². The Morgan fingerprint density at radius 3 is 2.50 bits per heavy atom. The Kier molecular flexibility index (Phi) is 5.72. The average Bonchev–Trinajstić information content (AvgIpc) is 2.89. The predicted octanol–water partition coefficient (Wildman–Crippen LogP) is 2.85. The number of rotatable bonds is 7. The summed E-state index contributed by atoms with van der Waals surface area (Å²) < 4.78 is 32.2. The molecule has 0 amide bonds. The molecule has 2 aromatic heterocycles. The van der Waals surface area contributed by atoms with E-state index in [2.05, 4.69) is 23.8 Å². The van der Waals surface area contributed by atoms with E-state index in [4.69, 9.17) is 16.3 Å². The molecule has 0 aliphatic heterocycles. The predicted molar refractivity (Wildman–Crippen MR) is 95.0 cm³/mol. The van der Waals surface area contributed by atoms with E-state index in [-0.39, 0.29) is 12.6 Å². The van der Waals surface area contributed by atoms with E-state index in [1.54, 1.807) is 7.11 Å². The van der Waals surface area contributed by atoms with Crippen molar-refractivity contribution in [3.05, 3.63) is 16.8 Å². The van der Waals surface area contributed by atoms with Crippen LogP contribution in [0.2, 0.25) is 5.02 Å². The molecule has 0 aliphatic carbocycles. The molecular weight excluding hydrogens is 352 g/mol. The summed E-state index contributed by atoms with van der Waals surface area (Å²) in [4.78, 5) is 8.70. The van der Waals surface area contributed by atoms with Gasteiger partial charge in [0.05, 0.1) is 23.9 Å². The van der Waals surface area contributed by atoms with Gasteiger partial charge in [-0.25, -0.2) is 17.7 Å². The number of ether oxygens (including phenoxy) is 1. The monoisotopic (exact) mass is 374 g/mol. The van der Waals surface area contributed by atoms with Crippen molar-refractivity contribution in [1.29, 1.82) is 0 Å². The molecular formula is C15H23ClN4O3S. The Balaban J connectivity index is 2.74. The average molecular weight is 375 g/mol. The fourth-order valence-corrected chi connectivity index (χ4v) is 3.27. The van der Waals surface area contributed by atoms with Gasteiger partial charge in [0.25, 0.3) is 6.01 Å². The van der Waals surface area contributed by atoms with Gasteiger partial charge in [0.1, 0.15) is 0 Å². The van der Waals surface area contributed by atoms with E-state index in [1.807, 2.05) is 4.57 Å². The van der Waals surface area contributed by atoms with Crippen molar-refractivity contribution in [2.24, 2.45) is 0 Å². The SMILES string of the molecule is CCC(CC)n1c(OC)nc2ncc(Cl)c(CN(C)S(C)(=O)=O)c21. The first-order valence-corrected chi connectivity index (χ1v) is 9.97. The summed E-state index contributed by atoms with van der Waals surface area (Å²) in [6.07, 6.45) is 4.43. The molecule has 0 radical (unpaired) electrons. The summed E-state index contributed by atoms with van der Waals surface area (Å²) in [6.45, 7) is 4.31. The molecule has 0 saturated carbocycles. The molecule has 0 bridgehead atoms. The smallest absolute Gasteiger partial charge is 0.298 e. The van der Waals surface area contributed by atoms with Gasteiger partial charge in [0.2, 0.25) is 10.0 Å². The van der Waals surface area contributed by atoms with Crippen molar-refractivity contribution < 1.29 is 13.2 Å². The highest BCUT2D eigenvalue weighted by Gasteiger charge is 2.24. The Bertz CT molecular complexity index is 831. The molecule has 9 heteroatoms. The van der Waals surface area contributed by atoms with Crippen molar-refractivity contribution in [3.63, 3.8) is 0 Å². The van der Waals surface area contributed by atoms with E-state index in [1.165, 1.54) is 17.5 Å². The second kappa shape index (κ2) is 7.25. The third kappa shape index (κ3) is 3.50. The highest BCUT2D eigenvalue weighted by atomic mass is 35.5. The number of imidazole rings is 1. The van der Waals surface area contributed by atoms with Gasteiger partial charge in [-0.15, -0.1) is 0 Å². The quantitative estimate of drug-likeness (QED) is 0.744. The summed E-state index contributed by atoms with van der Waals surface area (Å²) in [7, 11) is -0.256. The summed E-state index contributed by atoms with van der Waals surface area (Å²) >= 11 is 6.35. The standard InChI is InChI=1S/C15H23ClN4O3S/c1-6-10(7-2)20-13-11(9-19(3)24(5,21)22)12(16)8-17-14(13)18-15(20)23-4/h8,10H,6-7,9H2,1-5H3. The maximum atomic E-state index is 11.8. The lowest BCUT2D eigenvalue weighted by atomic mass is 10.1. The first-order valence-electron chi connectivity index (χ1n) is 7.75. The topological polar surface area (TPSA) is 77.3 Å². The molecule has 0 spiro atoms. The summed E-state index contributed by atoms with van der Waals surface area (Å²) in [5.74, 6) is 0. The number of sulfonamides is 1. The van der Waals surface area contributed by atoms with Crippen LogP contribution >= 0.6 is 11.6 Å². The molecule has 0 unspecified atom stereocenters. The van der Waals surface area contributed by atoms with Gasteiger partial charge in [-0.1, -0.05) is 25.4 Å². The number of halogens is 1. The molecule has 0 fully saturated rings. The van der Waals surface area contributed by atoms with Crippen LogP contribution in [0.4, 0.5) is 0 Å². The molecule has 0 saturated heterocycles. The second-order valence-electron chi connectivity index (χ2n) is 5.71. The first kappa shape index (κ1) is 19.0. The minimum atomic E-state index is -3.34. The molecule has 2 rings (SSSR count). The van der Waals surface area contributed by atoms with Crippen molar-refractivity contribution >= 4 is 32.8 Å². The highest BCUT2D eigenvalue weighted by Crippen LogP contribution is 2.34. The number of pyridine rings is 1. The van der Waals surface area contributed by atoms with Crippen LogP contribution in [0, 0.1) is 0 Å². The number of nitrogens with zero attached hydrogens (tertiary/aromatic N) is 4. The lowest BCUT2D eigenvalue weighted by Crippen LogP contribution is -2.25. The van der Waals surface area contributed by atoms with Gasteiger partial charge in [0.15, 0.2) is 5.65 Å². The lowest BCUT2D eigenvalue weighted by Gasteiger charge is -2.21. The molecule has 0 aromatic carbocycles. The van der Waals surface area contributed by atoms with Crippen LogP contribution in [-0.4, -0.2) is 47.7 Å². The van der Waals surface area contributed by atoms with E-state index >= 15 is 0 Å². The van der Waals surface area contributed by atoms with Crippen LogP contribution in [-0.2, 0) is 16.6 Å². The summed E-state index contributed by atoms with van der Waals surface area (Å²) in [5, 5.41) is 0.410. The number of aromatic nitrogens is 3. The molecule has 2 aromatic rings. The number of methoxy groups -OCH3 is 1. The Morgan fingerprint density at radius 1 is 1.38 bits per heavy atom. The zero-order valence-corrected chi connectivity index (χ0v) is 16.1. The highest BCUT2D eigenvalue weighted by molar-refractivity contribution is 7.88. The molecule has 134 valence electrons. The number of hydrogen-bond donors (Lipinski definition) is 0. The fraction of sp³-hybridized carbons (Fsp3) is 0.600. The molecule has 0 atom stereocenters. The van der Waals surface area contributed by atoms with Gasteiger partial charge in [-0.2, -0.15) is 4.98 Å². The zero-order valence-electron chi connectivity index (χ0n) is 14.6. The first-order chi connectivity index (χ1) is 11.2. The van der Waals surface area contributed by atoms with Crippen molar-refractivity contribution in [2.75, 3.05) is 20.4 Å². The minimum Gasteiger partial charge on any atom is -0.468 e.